The van der Waals surface area contributed by atoms with Crippen molar-refractivity contribution >= 4 is 11.5 Å². The summed E-state index contributed by atoms with van der Waals surface area (Å²) in [4.78, 5) is 6.83. The van der Waals surface area contributed by atoms with Crippen molar-refractivity contribution in [2.75, 3.05) is 18.0 Å². The molecule has 0 radical (unpaired) electrons. The lowest BCUT2D eigenvalue weighted by Gasteiger charge is -2.24. The molecular weight excluding hydrogens is 234 g/mol. The molecule has 0 atom stereocenters. The van der Waals surface area contributed by atoms with Gasteiger partial charge in [-0.1, -0.05) is 23.8 Å². The van der Waals surface area contributed by atoms with Crippen LogP contribution in [-0.4, -0.2) is 18.1 Å². The third kappa shape index (κ3) is 3.55. The van der Waals surface area contributed by atoms with Crippen molar-refractivity contribution in [3.05, 3.63) is 53.7 Å². The lowest BCUT2D eigenvalue weighted by Crippen LogP contribution is -2.22. The molecule has 0 unspecified atom stereocenters. The second kappa shape index (κ2) is 6.34. The third-order valence-electron chi connectivity index (χ3n) is 3.08. The summed E-state index contributed by atoms with van der Waals surface area (Å²) < 4.78 is 0. The Morgan fingerprint density at radius 2 is 1.79 bits per heavy atom. The molecule has 19 heavy (non-hydrogen) atoms. The molecule has 0 fully saturated rings. The molecule has 1 aromatic carbocycles. The van der Waals surface area contributed by atoms with Gasteiger partial charge in [-0.25, -0.2) is 4.98 Å². The average molecular weight is 255 g/mol. The molecule has 1 heterocycles. The summed E-state index contributed by atoms with van der Waals surface area (Å²) >= 11 is 0. The molecule has 0 spiro atoms. The van der Waals surface area contributed by atoms with Crippen LogP contribution in [0.25, 0.3) is 0 Å². The van der Waals surface area contributed by atoms with Gasteiger partial charge in [-0.05, 0) is 51.1 Å². The van der Waals surface area contributed by atoms with E-state index >= 15 is 0 Å². The first kappa shape index (κ1) is 13.6. The summed E-state index contributed by atoms with van der Waals surface area (Å²) in [5, 5.41) is 0. The van der Waals surface area contributed by atoms with E-state index in [4.69, 9.17) is 5.73 Å². The minimum Gasteiger partial charge on any atom is -0.330 e. The fourth-order valence-corrected chi connectivity index (χ4v) is 2.03. The normalized spacial score (nSPS) is 10.5. The highest BCUT2D eigenvalue weighted by atomic mass is 15.2. The Morgan fingerprint density at radius 3 is 2.42 bits per heavy atom. The molecule has 0 amide bonds. The topological polar surface area (TPSA) is 42.1 Å². The molecule has 2 N–H and O–H groups in total. The smallest absolute Gasteiger partial charge is 0.133 e. The predicted molar refractivity (Wildman–Crippen MR) is 80.8 cm³/mol. The van der Waals surface area contributed by atoms with Gasteiger partial charge in [0.25, 0.3) is 0 Å². The van der Waals surface area contributed by atoms with Gasteiger partial charge in [0.1, 0.15) is 5.82 Å². The van der Waals surface area contributed by atoms with Crippen molar-refractivity contribution in [1.82, 2.24) is 4.98 Å². The van der Waals surface area contributed by atoms with Gasteiger partial charge >= 0.3 is 0 Å². The van der Waals surface area contributed by atoms with Gasteiger partial charge in [-0.3, -0.25) is 0 Å². The largest absolute Gasteiger partial charge is 0.330 e. The molecule has 0 aliphatic carbocycles. The molecule has 2 rings (SSSR count). The molecule has 3 heteroatoms. The SMILES string of the molecule is Cc1ccc(N(CCCN)c2cccc(C)n2)cc1. The zero-order chi connectivity index (χ0) is 13.7. The fourth-order valence-electron chi connectivity index (χ4n) is 2.03. The third-order valence-corrected chi connectivity index (χ3v) is 3.08. The summed E-state index contributed by atoms with van der Waals surface area (Å²) in [6, 6.07) is 14.6. The molecule has 0 bridgehead atoms. The van der Waals surface area contributed by atoms with E-state index < -0.39 is 0 Å². The van der Waals surface area contributed by atoms with Crippen LogP contribution in [0.4, 0.5) is 11.5 Å². The van der Waals surface area contributed by atoms with Crippen LogP contribution in [0.15, 0.2) is 42.5 Å². The lowest BCUT2D eigenvalue weighted by atomic mass is 10.2. The Morgan fingerprint density at radius 1 is 1.05 bits per heavy atom. The van der Waals surface area contributed by atoms with E-state index in [0.29, 0.717) is 6.54 Å². The van der Waals surface area contributed by atoms with Crippen LogP contribution < -0.4 is 10.6 Å². The predicted octanol–water partition coefficient (Wildman–Crippen LogP) is 3.19. The first-order valence-corrected chi connectivity index (χ1v) is 6.68. The van der Waals surface area contributed by atoms with Crippen LogP contribution >= 0.6 is 0 Å². The van der Waals surface area contributed by atoms with Crippen LogP contribution in [0.1, 0.15) is 17.7 Å². The van der Waals surface area contributed by atoms with E-state index in [2.05, 4.69) is 41.1 Å². The highest BCUT2D eigenvalue weighted by Gasteiger charge is 2.09. The van der Waals surface area contributed by atoms with Crippen molar-refractivity contribution < 1.29 is 0 Å². The lowest BCUT2D eigenvalue weighted by molar-refractivity contribution is 0.808. The Bertz CT molecular complexity index is 520. The van der Waals surface area contributed by atoms with Gasteiger partial charge in [0.2, 0.25) is 0 Å². The number of anilines is 2. The number of aryl methyl sites for hydroxylation is 2. The summed E-state index contributed by atoms with van der Waals surface area (Å²) in [6.45, 7) is 5.68. The maximum absolute atomic E-state index is 5.64. The summed E-state index contributed by atoms with van der Waals surface area (Å²) in [5.41, 5.74) is 9.10. The zero-order valence-corrected chi connectivity index (χ0v) is 11.6. The monoisotopic (exact) mass is 255 g/mol. The number of pyridine rings is 1. The molecule has 0 saturated heterocycles. The first-order chi connectivity index (χ1) is 9.20. The van der Waals surface area contributed by atoms with Gasteiger partial charge in [0.15, 0.2) is 0 Å². The van der Waals surface area contributed by atoms with Crippen LogP contribution in [0.5, 0.6) is 0 Å². The van der Waals surface area contributed by atoms with E-state index in [-0.39, 0.29) is 0 Å². The van der Waals surface area contributed by atoms with E-state index in [1.54, 1.807) is 0 Å². The molecule has 0 aliphatic rings. The summed E-state index contributed by atoms with van der Waals surface area (Å²) in [7, 11) is 0. The maximum atomic E-state index is 5.64. The molecule has 1 aromatic heterocycles. The second-order valence-electron chi connectivity index (χ2n) is 4.77. The molecule has 2 aromatic rings. The number of hydrogen-bond acceptors (Lipinski definition) is 3. The van der Waals surface area contributed by atoms with Gasteiger partial charge in [0.05, 0.1) is 0 Å². The number of benzene rings is 1. The van der Waals surface area contributed by atoms with Crippen molar-refractivity contribution in [1.29, 1.82) is 0 Å². The molecule has 100 valence electrons. The standard InChI is InChI=1S/C16H21N3/c1-13-7-9-15(10-8-13)19(12-4-11-17)16-6-3-5-14(2)18-16/h3,5-10H,4,11-12,17H2,1-2H3. The highest BCUT2D eigenvalue weighted by molar-refractivity contribution is 5.60. The Kier molecular flexibility index (Phi) is 4.53. The quantitative estimate of drug-likeness (QED) is 0.892. The average Bonchev–Trinajstić information content (AvgIpc) is 2.41. The van der Waals surface area contributed by atoms with Crippen molar-refractivity contribution in [2.45, 2.75) is 20.3 Å². The first-order valence-electron chi connectivity index (χ1n) is 6.68. The van der Waals surface area contributed by atoms with Gasteiger partial charge in [-0.15, -0.1) is 0 Å². The van der Waals surface area contributed by atoms with E-state index in [1.807, 2.05) is 25.1 Å². The Labute approximate surface area is 115 Å². The number of rotatable bonds is 5. The molecule has 3 nitrogen and oxygen atoms in total. The minimum atomic E-state index is 0.689. The van der Waals surface area contributed by atoms with Crippen LogP contribution in [0, 0.1) is 13.8 Å². The van der Waals surface area contributed by atoms with Crippen molar-refractivity contribution in [2.24, 2.45) is 5.73 Å². The number of nitrogens with two attached hydrogens (primary N) is 1. The van der Waals surface area contributed by atoms with Gasteiger partial charge in [-0.2, -0.15) is 0 Å². The van der Waals surface area contributed by atoms with Gasteiger partial charge < -0.3 is 10.6 Å². The summed E-state index contributed by atoms with van der Waals surface area (Å²) in [5.74, 6) is 0.984. The van der Waals surface area contributed by atoms with Crippen molar-refractivity contribution in [3.8, 4) is 0 Å². The fraction of sp³-hybridized carbons (Fsp3) is 0.312. The maximum Gasteiger partial charge on any atom is 0.133 e. The molecular formula is C16H21N3. The number of aromatic nitrogens is 1. The summed E-state index contributed by atoms with van der Waals surface area (Å²) in [6.07, 6.45) is 0.948. The highest BCUT2D eigenvalue weighted by Crippen LogP contribution is 2.24. The Balaban J connectivity index is 2.32. The van der Waals surface area contributed by atoms with Crippen molar-refractivity contribution in [3.63, 3.8) is 0 Å². The molecule has 0 aliphatic heterocycles. The second-order valence-corrected chi connectivity index (χ2v) is 4.77. The molecule has 0 saturated carbocycles. The van der Waals surface area contributed by atoms with Crippen LogP contribution in [0.2, 0.25) is 0 Å². The van der Waals surface area contributed by atoms with Gasteiger partial charge in [0, 0.05) is 17.9 Å². The van der Waals surface area contributed by atoms with E-state index in [1.165, 1.54) is 5.56 Å². The van der Waals surface area contributed by atoms with Crippen LogP contribution in [0.3, 0.4) is 0 Å². The van der Waals surface area contributed by atoms with E-state index in [9.17, 15) is 0 Å². The van der Waals surface area contributed by atoms with Crippen LogP contribution in [-0.2, 0) is 0 Å². The zero-order valence-electron chi connectivity index (χ0n) is 11.6. The number of nitrogens with zero attached hydrogens (tertiary/aromatic N) is 2. The minimum absolute atomic E-state index is 0.689. The Hall–Kier alpha value is -1.87. The van der Waals surface area contributed by atoms with E-state index in [0.717, 1.165) is 30.2 Å². The number of hydrogen-bond donors (Lipinski definition) is 1.